The van der Waals surface area contributed by atoms with Crippen molar-refractivity contribution in [2.24, 2.45) is 0 Å². The molecular formula is C14H12BrNO. The van der Waals surface area contributed by atoms with Crippen molar-refractivity contribution in [3.63, 3.8) is 0 Å². The van der Waals surface area contributed by atoms with Gasteiger partial charge in [-0.2, -0.15) is 0 Å². The molecule has 0 unspecified atom stereocenters. The van der Waals surface area contributed by atoms with Crippen LogP contribution < -0.4 is 0 Å². The van der Waals surface area contributed by atoms with Crippen molar-refractivity contribution in [2.75, 3.05) is 0 Å². The van der Waals surface area contributed by atoms with Gasteiger partial charge in [-0.1, -0.05) is 34.1 Å². The van der Waals surface area contributed by atoms with Gasteiger partial charge in [-0.05, 0) is 29.3 Å². The van der Waals surface area contributed by atoms with Gasteiger partial charge in [0.05, 0.1) is 0 Å². The second kappa shape index (κ2) is 5.73. The fraction of sp³-hybridized carbons (Fsp3) is 0.143. The third-order valence-electron chi connectivity index (χ3n) is 2.44. The lowest BCUT2D eigenvalue weighted by Crippen LogP contribution is -2.06. The molecule has 17 heavy (non-hydrogen) atoms. The molecule has 2 rings (SSSR count). The minimum atomic E-state index is 0.209. The Morgan fingerprint density at radius 1 is 1.06 bits per heavy atom. The van der Waals surface area contributed by atoms with Gasteiger partial charge < -0.3 is 0 Å². The van der Waals surface area contributed by atoms with Gasteiger partial charge in [0.2, 0.25) is 0 Å². The zero-order valence-electron chi connectivity index (χ0n) is 9.27. The lowest BCUT2D eigenvalue weighted by Gasteiger charge is -2.01. The number of Topliss-reactive ketones (excluding diaryl/α,β-unsaturated/α-hetero) is 1. The van der Waals surface area contributed by atoms with Gasteiger partial charge in [0, 0.05) is 29.7 Å². The molecule has 0 fully saturated rings. The maximum absolute atomic E-state index is 11.8. The molecule has 0 aliphatic carbocycles. The summed E-state index contributed by atoms with van der Waals surface area (Å²) < 4.78 is 1.03. The summed E-state index contributed by atoms with van der Waals surface area (Å²) in [6.07, 6.45) is 4.37. The molecule has 1 aromatic carbocycles. The number of benzene rings is 1. The topological polar surface area (TPSA) is 30.0 Å². The van der Waals surface area contributed by atoms with Crippen molar-refractivity contribution < 1.29 is 4.79 Å². The van der Waals surface area contributed by atoms with E-state index in [2.05, 4.69) is 20.9 Å². The summed E-state index contributed by atoms with van der Waals surface area (Å²) in [6.45, 7) is 0. The molecule has 1 aromatic heterocycles. The molecule has 1 heterocycles. The molecule has 0 N–H and O–H groups in total. The van der Waals surface area contributed by atoms with Crippen molar-refractivity contribution in [3.05, 3.63) is 64.4 Å². The second-order valence-electron chi connectivity index (χ2n) is 3.88. The van der Waals surface area contributed by atoms with Gasteiger partial charge in [-0.3, -0.25) is 9.78 Å². The number of aromatic nitrogens is 1. The number of nitrogens with zero attached hydrogens (tertiary/aromatic N) is 1. The molecule has 0 amide bonds. The molecule has 0 atom stereocenters. The first-order chi connectivity index (χ1) is 8.24. The molecule has 0 saturated carbocycles. The van der Waals surface area contributed by atoms with Crippen LogP contribution in [-0.4, -0.2) is 10.8 Å². The highest BCUT2D eigenvalue weighted by Crippen LogP contribution is 2.11. The van der Waals surface area contributed by atoms with Crippen molar-refractivity contribution in [3.8, 4) is 0 Å². The summed E-state index contributed by atoms with van der Waals surface area (Å²) >= 11 is 3.37. The van der Waals surface area contributed by atoms with Gasteiger partial charge in [0.15, 0.2) is 0 Å². The molecule has 0 aliphatic rings. The third-order valence-corrected chi connectivity index (χ3v) is 2.97. The zero-order valence-corrected chi connectivity index (χ0v) is 10.9. The maximum Gasteiger partial charge on any atom is 0.141 e. The lowest BCUT2D eigenvalue weighted by atomic mass is 10.0. The molecule has 86 valence electrons. The predicted octanol–water partition coefficient (Wildman–Crippen LogP) is 3.20. The van der Waals surface area contributed by atoms with Gasteiger partial charge in [-0.15, -0.1) is 0 Å². The van der Waals surface area contributed by atoms with E-state index in [4.69, 9.17) is 0 Å². The summed E-state index contributed by atoms with van der Waals surface area (Å²) in [5.41, 5.74) is 2.01. The standard InChI is InChI=1S/C14H12BrNO/c15-13-5-3-11(4-6-13)8-14(17)9-12-2-1-7-16-10-12/h1-7,10H,8-9H2. The van der Waals surface area contributed by atoms with Crippen molar-refractivity contribution in [1.82, 2.24) is 4.98 Å². The number of hydrogen-bond acceptors (Lipinski definition) is 2. The fourth-order valence-electron chi connectivity index (χ4n) is 1.62. The van der Waals surface area contributed by atoms with Gasteiger partial charge in [-0.25, -0.2) is 0 Å². The Kier molecular flexibility index (Phi) is 4.04. The SMILES string of the molecule is O=C(Cc1ccc(Br)cc1)Cc1cccnc1. The highest BCUT2D eigenvalue weighted by atomic mass is 79.9. The Labute approximate surface area is 109 Å². The van der Waals surface area contributed by atoms with Crippen molar-refractivity contribution in [2.45, 2.75) is 12.8 Å². The smallest absolute Gasteiger partial charge is 0.141 e. The van der Waals surface area contributed by atoms with Crippen LogP contribution >= 0.6 is 15.9 Å². The monoisotopic (exact) mass is 289 g/mol. The summed E-state index contributed by atoms with van der Waals surface area (Å²) in [5, 5.41) is 0. The Balaban J connectivity index is 1.96. The number of rotatable bonds is 4. The van der Waals surface area contributed by atoms with E-state index in [-0.39, 0.29) is 5.78 Å². The minimum absolute atomic E-state index is 0.209. The van der Waals surface area contributed by atoms with Crippen LogP contribution in [0, 0.1) is 0 Å². The van der Waals surface area contributed by atoms with E-state index in [1.165, 1.54) is 0 Å². The maximum atomic E-state index is 11.8. The zero-order chi connectivity index (χ0) is 12.1. The average Bonchev–Trinajstić information content (AvgIpc) is 2.33. The molecule has 0 radical (unpaired) electrons. The Bertz CT molecular complexity index is 493. The highest BCUT2D eigenvalue weighted by Gasteiger charge is 2.05. The summed E-state index contributed by atoms with van der Waals surface area (Å²) in [4.78, 5) is 15.8. The largest absolute Gasteiger partial charge is 0.299 e. The number of carbonyl (C=O) groups is 1. The Hall–Kier alpha value is -1.48. The van der Waals surface area contributed by atoms with E-state index in [0.717, 1.165) is 15.6 Å². The van der Waals surface area contributed by atoms with E-state index in [0.29, 0.717) is 12.8 Å². The Morgan fingerprint density at radius 2 is 1.76 bits per heavy atom. The predicted molar refractivity (Wildman–Crippen MR) is 70.8 cm³/mol. The number of hydrogen-bond donors (Lipinski definition) is 0. The minimum Gasteiger partial charge on any atom is -0.299 e. The molecule has 2 nitrogen and oxygen atoms in total. The average molecular weight is 290 g/mol. The molecule has 0 bridgehead atoms. The number of carbonyl (C=O) groups excluding carboxylic acids is 1. The Morgan fingerprint density at radius 3 is 2.41 bits per heavy atom. The van der Waals surface area contributed by atoms with Crippen LogP contribution in [0.15, 0.2) is 53.3 Å². The van der Waals surface area contributed by atoms with Crippen LogP contribution in [0.3, 0.4) is 0 Å². The van der Waals surface area contributed by atoms with Crippen LogP contribution in [0.5, 0.6) is 0 Å². The second-order valence-corrected chi connectivity index (χ2v) is 4.80. The quantitative estimate of drug-likeness (QED) is 0.865. The molecule has 0 spiro atoms. The van der Waals surface area contributed by atoms with Crippen molar-refractivity contribution in [1.29, 1.82) is 0 Å². The van der Waals surface area contributed by atoms with Crippen LogP contribution in [-0.2, 0) is 17.6 Å². The fourth-order valence-corrected chi connectivity index (χ4v) is 1.89. The van der Waals surface area contributed by atoms with Gasteiger partial charge in [0.1, 0.15) is 5.78 Å². The van der Waals surface area contributed by atoms with E-state index in [9.17, 15) is 4.79 Å². The van der Waals surface area contributed by atoms with Crippen LogP contribution in [0.2, 0.25) is 0 Å². The van der Waals surface area contributed by atoms with E-state index in [1.807, 2.05) is 36.4 Å². The van der Waals surface area contributed by atoms with E-state index < -0.39 is 0 Å². The molecule has 3 heteroatoms. The van der Waals surface area contributed by atoms with Crippen LogP contribution in [0.4, 0.5) is 0 Å². The first kappa shape index (κ1) is 12.0. The number of pyridine rings is 1. The molecular weight excluding hydrogens is 278 g/mol. The normalized spacial score (nSPS) is 10.2. The molecule has 0 aliphatic heterocycles. The number of ketones is 1. The number of halogens is 1. The first-order valence-electron chi connectivity index (χ1n) is 5.39. The van der Waals surface area contributed by atoms with Crippen LogP contribution in [0.1, 0.15) is 11.1 Å². The molecule has 0 saturated heterocycles. The van der Waals surface area contributed by atoms with Crippen LogP contribution in [0.25, 0.3) is 0 Å². The first-order valence-corrected chi connectivity index (χ1v) is 6.18. The van der Waals surface area contributed by atoms with Gasteiger partial charge in [0.25, 0.3) is 0 Å². The van der Waals surface area contributed by atoms with Crippen molar-refractivity contribution >= 4 is 21.7 Å². The lowest BCUT2D eigenvalue weighted by molar-refractivity contribution is -0.117. The van der Waals surface area contributed by atoms with E-state index in [1.54, 1.807) is 12.4 Å². The van der Waals surface area contributed by atoms with E-state index >= 15 is 0 Å². The third kappa shape index (κ3) is 3.79. The molecule has 2 aromatic rings. The summed E-state index contributed by atoms with van der Waals surface area (Å²) in [6, 6.07) is 11.6. The summed E-state index contributed by atoms with van der Waals surface area (Å²) in [7, 11) is 0. The van der Waals surface area contributed by atoms with Gasteiger partial charge >= 0.3 is 0 Å². The summed E-state index contributed by atoms with van der Waals surface area (Å²) in [5.74, 6) is 0.209. The highest BCUT2D eigenvalue weighted by molar-refractivity contribution is 9.10.